The normalized spacial score (nSPS) is 11.0. The molecule has 2 aromatic carbocycles. The quantitative estimate of drug-likeness (QED) is 0.588. The van der Waals surface area contributed by atoms with Crippen molar-refractivity contribution in [1.82, 2.24) is 19.9 Å². The number of nitrogens with zero attached hydrogens (tertiary/aromatic N) is 3. The lowest BCUT2D eigenvalue weighted by Gasteiger charge is -2.09. The van der Waals surface area contributed by atoms with Gasteiger partial charge in [0.2, 0.25) is 5.91 Å². The Hall–Kier alpha value is -2.99. The topological polar surface area (TPSA) is 59.8 Å². The van der Waals surface area contributed by atoms with Gasteiger partial charge in [-0.05, 0) is 24.6 Å². The first-order valence-corrected chi connectivity index (χ1v) is 9.31. The van der Waals surface area contributed by atoms with Crippen LogP contribution in [0.5, 0.6) is 0 Å². The molecule has 26 heavy (non-hydrogen) atoms. The number of rotatable bonds is 5. The lowest BCUT2D eigenvalue weighted by molar-refractivity contribution is -0.121. The molecule has 0 aliphatic carbocycles. The molecular weight excluding hydrogens is 344 g/mol. The number of nitrogens with one attached hydrogen (secondary N) is 1. The Morgan fingerprint density at radius 1 is 1.15 bits per heavy atom. The molecule has 1 N–H and O–H groups in total. The summed E-state index contributed by atoms with van der Waals surface area (Å²) in [6.45, 7) is 2.77. The van der Waals surface area contributed by atoms with Gasteiger partial charge in [0, 0.05) is 11.9 Å². The van der Waals surface area contributed by atoms with Crippen molar-refractivity contribution in [2.75, 3.05) is 0 Å². The van der Waals surface area contributed by atoms with E-state index in [0.717, 1.165) is 28.1 Å². The third kappa shape index (κ3) is 3.36. The van der Waals surface area contributed by atoms with Crippen molar-refractivity contribution >= 4 is 28.3 Å². The number of carbonyl (C=O) groups is 1. The number of amides is 1. The Kier molecular flexibility index (Phi) is 4.50. The minimum atomic E-state index is -0.0507. The predicted octanol–water partition coefficient (Wildman–Crippen LogP) is 3.78. The van der Waals surface area contributed by atoms with Gasteiger partial charge in [-0.15, -0.1) is 11.3 Å². The molecule has 0 aliphatic rings. The number of thiazole rings is 1. The first kappa shape index (κ1) is 16.5. The third-order valence-electron chi connectivity index (χ3n) is 4.23. The Labute approximate surface area is 155 Å². The zero-order valence-electron chi connectivity index (χ0n) is 14.3. The summed E-state index contributed by atoms with van der Waals surface area (Å²) in [6.07, 6.45) is 0. The molecule has 4 aromatic rings. The maximum Gasteiger partial charge on any atom is 0.240 e. The molecule has 0 bridgehead atoms. The smallest absolute Gasteiger partial charge is 0.240 e. The second kappa shape index (κ2) is 7.09. The number of aryl methyl sites for hydroxylation is 1. The van der Waals surface area contributed by atoms with Gasteiger partial charge in [0.05, 0.1) is 16.5 Å². The van der Waals surface area contributed by atoms with Crippen LogP contribution in [0, 0.1) is 6.92 Å². The van der Waals surface area contributed by atoms with Crippen molar-refractivity contribution in [3.8, 4) is 11.5 Å². The molecule has 0 aliphatic heterocycles. The molecule has 5 nitrogen and oxygen atoms in total. The van der Waals surface area contributed by atoms with Gasteiger partial charge in [-0.3, -0.25) is 4.79 Å². The molecule has 0 spiro atoms. The second-order valence-corrected chi connectivity index (χ2v) is 6.86. The number of imidazole rings is 1. The van der Waals surface area contributed by atoms with E-state index in [1.54, 1.807) is 5.51 Å². The van der Waals surface area contributed by atoms with Crippen molar-refractivity contribution in [3.05, 3.63) is 70.5 Å². The molecule has 130 valence electrons. The molecule has 2 aromatic heterocycles. The molecule has 0 fully saturated rings. The zero-order valence-corrected chi connectivity index (χ0v) is 15.2. The number of hydrogen-bond donors (Lipinski definition) is 1. The molecule has 0 unspecified atom stereocenters. The van der Waals surface area contributed by atoms with Crippen molar-refractivity contribution < 1.29 is 4.79 Å². The van der Waals surface area contributed by atoms with Crippen molar-refractivity contribution in [2.45, 2.75) is 20.0 Å². The fraction of sp³-hybridized carbons (Fsp3) is 0.150. The summed E-state index contributed by atoms with van der Waals surface area (Å²) >= 11 is 1.52. The van der Waals surface area contributed by atoms with Crippen LogP contribution in [0.2, 0.25) is 0 Å². The number of para-hydroxylation sites is 2. The highest BCUT2D eigenvalue weighted by Gasteiger charge is 2.16. The molecule has 0 saturated carbocycles. The van der Waals surface area contributed by atoms with Gasteiger partial charge in [0.15, 0.2) is 5.82 Å². The molecular formula is C20H18N4OS. The van der Waals surface area contributed by atoms with Crippen LogP contribution in [0.4, 0.5) is 0 Å². The van der Waals surface area contributed by atoms with Crippen molar-refractivity contribution in [3.63, 3.8) is 0 Å². The summed E-state index contributed by atoms with van der Waals surface area (Å²) in [5, 5.41) is 4.93. The molecule has 6 heteroatoms. The summed E-state index contributed by atoms with van der Waals surface area (Å²) < 4.78 is 1.93. The van der Waals surface area contributed by atoms with E-state index < -0.39 is 0 Å². The average molecular weight is 362 g/mol. The number of fused-ring (bicyclic) bond motifs is 1. The summed E-state index contributed by atoms with van der Waals surface area (Å²) in [6, 6.07) is 16.0. The van der Waals surface area contributed by atoms with E-state index in [1.807, 2.05) is 65.4 Å². The third-order valence-corrected chi connectivity index (χ3v) is 4.81. The molecule has 0 radical (unpaired) electrons. The van der Waals surface area contributed by atoms with E-state index in [2.05, 4.69) is 15.3 Å². The van der Waals surface area contributed by atoms with Gasteiger partial charge in [-0.25, -0.2) is 9.97 Å². The van der Waals surface area contributed by atoms with Crippen LogP contribution in [0.3, 0.4) is 0 Å². The Morgan fingerprint density at radius 3 is 2.73 bits per heavy atom. The molecule has 4 rings (SSSR count). The highest BCUT2D eigenvalue weighted by atomic mass is 32.1. The maximum atomic E-state index is 12.5. The minimum absolute atomic E-state index is 0.0507. The van der Waals surface area contributed by atoms with Crippen LogP contribution in [-0.2, 0) is 17.9 Å². The number of carbonyl (C=O) groups excluding carboxylic acids is 1. The lowest BCUT2D eigenvalue weighted by Crippen LogP contribution is -2.27. The highest BCUT2D eigenvalue weighted by Crippen LogP contribution is 2.24. The van der Waals surface area contributed by atoms with Crippen LogP contribution in [-0.4, -0.2) is 20.4 Å². The summed E-state index contributed by atoms with van der Waals surface area (Å²) in [7, 11) is 0. The minimum Gasteiger partial charge on any atom is -0.350 e. The van der Waals surface area contributed by atoms with Gasteiger partial charge >= 0.3 is 0 Å². The number of aromatic nitrogens is 3. The van der Waals surface area contributed by atoms with E-state index in [4.69, 9.17) is 0 Å². The SMILES string of the molecule is Cc1ccc(CNC(=O)Cn2c(-c3cscn3)nc3ccccc32)cc1. The van der Waals surface area contributed by atoms with Crippen LogP contribution >= 0.6 is 11.3 Å². The summed E-state index contributed by atoms with van der Waals surface area (Å²) in [5.74, 6) is 0.670. The molecule has 1 amide bonds. The molecule has 0 atom stereocenters. The lowest BCUT2D eigenvalue weighted by atomic mass is 10.1. The van der Waals surface area contributed by atoms with E-state index in [9.17, 15) is 4.79 Å². The van der Waals surface area contributed by atoms with Crippen LogP contribution < -0.4 is 5.32 Å². The maximum absolute atomic E-state index is 12.5. The number of hydrogen-bond acceptors (Lipinski definition) is 4. The van der Waals surface area contributed by atoms with Crippen molar-refractivity contribution in [2.24, 2.45) is 0 Å². The van der Waals surface area contributed by atoms with Gasteiger partial charge < -0.3 is 9.88 Å². The Balaban J connectivity index is 1.57. The fourth-order valence-corrected chi connectivity index (χ4v) is 3.39. The predicted molar refractivity (Wildman–Crippen MR) is 104 cm³/mol. The number of benzene rings is 2. The van der Waals surface area contributed by atoms with E-state index in [1.165, 1.54) is 16.9 Å². The average Bonchev–Trinajstić information content (AvgIpc) is 3.30. The van der Waals surface area contributed by atoms with Crippen LogP contribution in [0.1, 0.15) is 11.1 Å². The van der Waals surface area contributed by atoms with Gasteiger partial charge in [-0.2, -0.15) is 0 Å². The summed E-state index contributed by atoms with van der Waals surface area (Å²) in [5.41, 5.74) is 6.65. The largest absolute Gasteiger partial charge is 0.350 e. The van der Waals surface area contributed by atoms with Gasteiger partial charge in [0.25, 0.3) is 0 Å². The highest BCUT2D eigenvalue weighted by molar-refractivity contribution is 7.07. The summed E-state index contributed by atoms with van der Waals surface area (Å²) in [4.78, 5) is 21.6. The van der Waals surface area contributed by atoms with Gasteiger partial charge in [0.1, 0.15) is 12.2 Å². The second-order valence-electron chi connectivity index (χ2n) is 6.15. The molecule has 2 heterocycles. The van der Waals surface area contributed by atoms with Crippen LogP contribution in [0.25, 0.3) is 22.6 Å². The Bertz CT molecular complexity index is 1040. The fourth-order valence-electron chi connectivity index (χ4n) is 2.86. The van der Waals surface area contributed by atoms with Crippen LogP contribution in [0.15, 0.2) is 59.4 Å². The monoisotopic (exact) mass is 362 g/mol. The molecule has 0 saturated heterocycles. The first-order chi connectivity index (χ1) is 12.7. The van der Waals surface area contributed by atoms with E-state index >= 15 is 0 Å². The van der Waals surface area contributed by atoms with E-state index in [-0.39, 0.29) is 12.5 Å². The standard InChI is InChI=1S/C20H18N4OS/c1-14-6-8-15(9-7-14)10-21-19(25)11-24-18-5-3-2-4-16(18)23-20(24)17-12-26-13-22-17/h2-9,12-13H,10-11H2,1H3,(H,21,25). The Morgan fingerprint density at radius 2 is 1.96 bits per heavy atom. The van der Waals surface area contributed by atoms with Gasteiger partial charge in [-0.1, -0.05) is 42.0 Å². The van der Waals surface area contributed by atoms with E-state index in [0.29, 0.717) is 6.54 Å². The van der Waals surface area contributed by atoms with Crippen molar-refractivity contribution in [1.29, 1.82) is 0 Å². The first-order valence-electron chi connectivity index (χ1n) is 8.37. The zero-order chi connectivity index (χ0) is 17.9.